The highest BCUT2D eigenvalue weighted by Crippen LogP contribution is 2.43. The number of hydrogen-bond acceptors (Lipinski definition) is 7. The molecule has 210 valence electrons. The van der Waals surface area contributed by atoms with Crippen LogP contribution in [0.1, 0.15) is 45.5 Å². The third-order valence-corrected chi connectivity index (χ3v) is 9.75. The quantitative estimate of drug-likeness (QED) is 0.359. The molecule has 0 radical (unpaired) electrons. The maximum atomic E-state index is 13.0. The molecule has 1 aliphatic carbocycles. The fraction of sp³-hybridized carbons (Fsp3) is 0.469. The van der Waals surface area contributed by atoms with Gasteiger partial charge < -0.3 is 24.1 Å². The molecule has 3 aliphatic rings. The summed E-state index contributed by atoms with van der Waals surface area (Å²) in [7, 11) is 0. The van der Waals surface area contributed by atoms with Crippen LogP contribution in [0.5, 0.6) is 5.75 Å². The van der Waals surface area contributed by atoms with E-state index in [0.29, 0.717) is 44.7 Å². The molecule has 1 saturated carbocycles. The van der Waals surface area contributed by atoms with E-state index in [1.807, 2.05) is 36.9 Å². The Morgan fingerprint density at radius 1 is 1.07 bits per heavy atom. The number of morpholine rings is 1. The fourth-order valence-electron chi connectivity index (χ4n) is 6.59. The van der Waals surface area contributed by atoms with Crippen LogP contribution < -0.4 is 9.64 Å². The van der Waals surface area contributed by atoms with E-state index in [2.05, 4.69) is 29.3 Å². The fourth-order valence-corrected chi connectivity index (χ4v) is 7.44. The minimum Gasteiger partial charge on any atom is -0.488 e. The summed E-state index contributed by atoms with van der Waals surface area (Å²) in [5.41, 5.74) is 6.98. The summed E-state index contributed by atoms with van der Waals surface area (Å²) in [5, 5.41) is 3.14. The summed E-state index contributed by atoms with van der Waals surface area (Å²) in [6.45, 7) is 10.9. The van der Waals surface area contributed by atoms with Crippen molar-refractivity contribution in [3.8, 4) is 17.0 Å². The standard InChI is InChI=1S/C32H37N3O4S/c1-20-4-7-30(39-18-28-21(2)13-25(14-22(28)3)31(37)34-8-10-38-11-9-34)26(12-20)29-19-40-32(33-29)35-15-23-5-6-24(16-35)27(23)17-36/h4,7,12-14,17,19,23-24,27H,5-6,8-11,15-16,18H2,1-3H3. The molecule has 2 bridgehead atoms. The number of thiazole rings is 1. The Morgan fingerprint density at radius 2 is 1.77 bits per heavy atom. The highest BCUT2D eigenvalue weighted by Gasteiger charge is 2.42. The van der Waals surface area contributed by atoms with Crippen LogP contribution in [0.2, 0.25) is 0 Å². The van der Waals surface area contributed by atoms with Crippen LogP contribution >= 0.6 is 11.3 Å². The van der Waals surface area contributed by atoms with Crippen LogP contribution in [0.3, 0.4) is 0 Å². The van der Waals surface area contributed by atoms with Crippen LogP contribution in [-0.2, 0) is 16.1 Å². The van der Waals surface area contributed by atoms with Crippen LogP contribution in [-0.4, -0.2) is 61.5 Å². The molecular weight excluding hydrogens is 522 g/mol. The number of benzene rings is 2. The Morgan fingerprint density at radius 3 is 2.45 bits per heavy atom. The van der Waals surface area contributed by atoms with Crippen molar-refractivity contribution in [1.82, 2.24) is 9.88 Å². The molecule has 2 aliphatic heterocycles. The first-order valence-electron chi connectivity index (χ1n) is 14.3. The molecule has 0 spiro atoms. The van der Waals surface area contributed by atoms with Crippen molar-refractivity contribution in [2.45, 2.75) is 40.2 Å². The monoisotopic (exact) mass is 559 g/mol. The number of rotatable bonds is 7. The number of aryl methyl sites for hydroxylation is 3. The molecule has 1 aromatic heterocycles. The number of fused-ring (bicyclic) bond motifs is 2. The van der Waals surface area contributed by atoms with Crippen LogP contribution in [0, 0.1) is 38.5 Å². The Hall–Kier alpha value is -3.23. The van der Waals surface area contributed by atoms with E-state index < -0.39 is 0 Å². The summed E-state index contributed by atoms with van der Waals surface area (Å²) in [5.74, 6) is 1.97. The first-order valence-corrected chi connectivity index (χ1v) is 15.2. The molecule has 3 heterocycles. The summed E-state index contributed by atoms with van der Waals surface area (Å²) < 4.78 is 11.8. The number of ether oxygens (including phenoxy) is 2. The molecule has 2 unspecified atom stereocenters. The normalized spacial score (nSPS) is 22.4. The lowest BCUT2D eigenvalue weighted by molar-refractivity contribution is -0.113. The van der Waals surface area contributed by atoms with Crippen molar-refractivity contribution in [1.29, 1.82) is 0 Å². The highest BCUT2D eigenvalue weighted by molar-refractivity contribution is 7.14. The molecule has 3 fully saturated rings. The van der Waals surface area contributed by atoms with Gasteiger partial charge in [0.15, 0.2) is 5.13 Å². The zero-order valence-electron chi connectivity index (χ0n) is 23.5. The van der Waals surface area contributed by atoms with E-state index in [1.54, 1.807) is 11.3 Å². The Kier molecular flexibility index (Phi) is 7.64. The maximum absolute atomic E-state index is 13.0. The zero-order valence-corrected chi connectivity index (χ0v) is 24.3. The molecule has 2 aromatic carbocycles. The lowest BCUT2D eigenvalue weighted by Crippen LogP contribution is -2.42. The number of aromatic nitrogens is 1. The van der Waals surface area contributed by atoms with E-state index in [9.17, 15) is 9.59 Å². The molecule has 7 nitrogen and oxygen atoms in total. The lowest BCUT2D eigenvalue weighted by atomic mass is 9.87. The number of nitrogens with zero attached hydrogens (tertiary/aromatic N) is 3. The van der Waals surface area contributed by atoms with Gasteiger partial charge in [-0.3, -0.25) is 4.79 Å². The number of carbonyl (C=O) groups is 2. The number of anilines is 1. The average molecular weight is 560 g/mol. The van der Waals surface area contributed by atoms with Gasteiger partial charge in [0.2, 0.25) is 0 Å². The maximum Gasteiger partial charge on any atom is 0.254 e. The molecule has 2 saturated heterocycles. The zero-order chi connectivity index (χ0) is 27.8. The number of piperidine rings is 1. The van der Waals surface area contributed by atoms with Crippen molar-refractivity contribution < 1.29 is 19.1 Å². The summed E-state index contributed by atoms with van der Waals surface area (Å²) in [6.07, 6.45) is 3.46. The third-order valence-electron chi connectivity index (χ3n) is 8.85. The number of aldehydes is 1. The molecular formula is C32H37N3O4S. The van der Waals surface area contributed by atoms with Gasteiger partial charge in [-0.25, -0.2) is 4.98 Å². The molecule has 0 N–H and O–H groups in total. The molecule has 2 atom stereocenters. The number of carbonyl (C=O) groups excluding carboxylic acids is 2. The summed E-state index contributed by atoms with van der Waals surface area (Å²) in [4.78, 5) is 33.9. The molecule has 6 rings (SSSR count). The minimum atomic E-state index is 0.0607. The van der Waals surface area contributed by atoms with Gasteiger partial charge in [0.1, 0.15) is 18.6 Å². The molecule has 1 amide bonds. The minimum absolute atomic E-state index is 0.0607. The number of amides is 1. The topological polar surface area (TPSA) is 72.0 Å². The van der Waals surface area contributed by atoms with Crippen molar-refractivity contribution in [3.05, 3.63) is 63.5 Å². The Balaban J connectivity index is 1.19. The predicted octanol–water partition coefficient (Wildman–Crippen LogP) is 5.45. The van der Waals surface area contributed by atoms with E-state index in [1.165, 1.54) is 6.29 Å². The van der Waals surface area contributed by atoms with E-state index in [0.717, 1.165) is 75.9 Å². The van der Waals surface area contributed by atoms with Crippen LogP contribution in [0.4, 0.5) is 5.13 Å². The molecule has 40 heavy (non-hydrogen) atoms. The van der Waals surface area contributed by atoms with Gasteiger partial charge in [0.25, 0.3) is 5.91 Å². The SMILES string of the molecule is Cc1ccc(OCc2c(C)cc(C(=O)N3CCOCC3)cc2C)c(-c2csc(N3CC4CCC(C3)C4C=O)n2)c1. The predicted molar refractivity (Wildman–Crippen MR) is 157 cm³/mol. The highest BCUT2D eigenvalue weighted by atomic mass is 32.1. The smallest absolute Gasteiger partial charge is 0.254 e. The van der Waals surface area contributed by atoms with Crippen LogP contribution in [0.25, 0.3) is 11.3 Å². The Labute approximate surface area is 240 Å². The van der Waals surface area contributed by atoms with Gasteiger partial charge in [-0.15, -0.1) is 11.3 Å². The molecule has 8 heteroatoms. The van der Waals surface area contributed by atoms with Gasteiger partial charge in [-0.2, -0.15) is 0 Å². The number of hydrogen-bond donors (Lipinski definition) is 0. The van der Waals surface area contributed by atoms with E-state index in [-0.39, 0.29) is 11.8 Å². The second-order valence-electron chi connectivity index (χ2n) is 11.5. The second-order valence-corrected chi connectivity index (χ2v) is 12.3. The van der Waals surface area contributed by atoms with Gasteiger partial charge in [-0.1, -0.05) is 11.6 Å². The van der Waals surface area contributed by atoms with Gasteiger partial charge in [0, 0.05) is 48.6 Å². The van der Waals surface area contributed by atoms with Gasteiger partial charge in [0.05, 0.1) is 18.9 Å². The van der Waals surface area contributed by atoms with Crippen molar-refractivity contribution in [3.63, 3.8) is 0 Å². The van der Waals surface area contributed by atoms with Crippen molar-refractivity contribution >= 4 is 28.7 Å². The van der Waals surface area contributed by atoms with E-state index in [4.69, 9.17) is 14.5 Å². The van der Waals surface area contributed by atoms with Crippen LogP contribution in [0.15, 0.2) is 35.7 Å². The van der Waals surface area contributed by atoms with Crippen molar-refractivity contribution in [2.24, 2.45) is 17.8 Å². The Bertz CT molecular complexity index is 1380. The third kappa shape index (κ3) is 5.27. The first-order chi connectivity index (χ1) is 19.4. The van der Waals surface area contributed by atoms with Gasteiger partial charge in [-0.05, 0) is 86.4 Å². The average Bonchev–Trinajstić information content (AvgIpc) is 3.55. The van der Waals surface area contributed by atoms with E-state index >= 15 is 0 Å². The largest absolute Gasteiger partial charge is 0.488 e. The van der Waals surface area contributed by atoms with Crippen molar-refractivity contribution in [2.75, 3.05) is 44.3 Å². The van der Waals surface area contributed by atoms with Gasteiger partial charge >= 0.3 is 0 Å². The lowest BCUT2D eigenvalue weighted by Gasteiger charge is -2.35. The molecule has 3 aromatic rings. The summed E-state index contributed by atoms with van der Waals surface area (Å²) in [6, 6.07) is 10.2. The first kappa shape index (κ1) is 27.0. The second kappa shape index (κ2) is 11.3. The summed E-state index contributed by atoms with van der Waals surface area (Å²) >= 11 is 1.67.